The van der Waals surface area contributed by atoms with Crippen molar-refractivity contribution >= 4 is 0 Å². The molecule has 1 fully saturated rings. The van der Waals surface area contributed by atoms with Crippen LogP contribution < -0.4 is 0 Å². The summed E-state index contributed by atoms with van der Waals surface area (Å²) in [7, 11) is 0. The minimum atomic E-state index is -0.188. The molecule has 2 heterocycles. The average Bonchev–Trinajstić information content (AvgIpc) is 2.78. The number of aromatic nitrogens is 2. The first-order valence-corrected chi connectivity index (χ1v) is 5.50. The Balaban J connectivity index is 1.87. The molecular formula is C10H17N3O2. The van der Waals surface area contributed by atoms with Crippen LogP contribution in [0.25, 0.3) is 0 Å². The molecule has 15 heavy (non-hydrogen) atoms. The summed E-state index contributed by atoms with van der Waals surface area (Å²) in [5.74, 6) is 1.44. The van der Waals surface area contributed by atoms with E-state index in [1.165, 1.54) is 0 Å². The first-order chi connectivity index (χ1) is 7.28. The Kier molecular flexibility index (Phi) is 3.33. The number of rotatable bonds is 4. The molecule has 0 bridgehead atoms. The summed E-state index contributed by atoms with van der Waals surface area (Å²) in [6, 6.07) is 0. The maximum Gasteiger partial charge on any atom is 0.226 e. The van der Waals surface area contributed by atoms with E-state index in [-0.39, 0.29) is 6.10 Å². The predicted octanol–water partition coefficient (Wildman–Crippen LogP) is 0.589. The highest BCUT2D eigenvalue weighted by Gasteiger charge is 2.21. The van der Waals surface area contributed by atoms with Crippen molar-refractivity contribution < 1.29 is 9.63 Å². The molecule has 1 atom stereocenters. The van der Waals surface area contributed by atoms with E-state index in [1.807, 2.05) is 0 Å². The summed E-state index contributed by atoms with van der Waals surface area (Å²) in [5.41, 5.74) is 0. The molecule has 0 saturated carbocycles. The van der Waals surface area contributed by atoms with E-state index in [2.05, 4.69) is 22.0 Å². The summed E-state index contributed by atoms with van der Waals surface area (Å²) in [6.07, 6.45) is 2.52. The van der Waals surface area contributed by atoms with Crippen molar-refractivity contribution in [1.29, 1.82) is 0 Å². The number of nitrogens with zero attached hydrogens (tertiary/aromatic N) is 3. The van der Waals surface area contributed by atoms with Gasteiger partial charge in [0.25, 0.3) is 0 Å². The lowest BCUT2D eigenvalue weighted by atomic mass is 10.3. The minimum Gasteiger partial charge on any atom is -0.392 e. The molecule has 1 N–H and O–H groups in total. The Labute approximate surface area is 89.1 Å². The molecule has 1 aliphatic rings. The zero-order chi connectivity index (χ0) is 10.7. The molecule has 0 aromatic carbocycles. The van der Waals surface area contributed by atoms with E-state index in [4.69, 9.17) is 4.52 Å². The number of hydrogen-bond acceptors (Lipinski definition) is 5. The van der Waals surface area contributed by atoms with Gasteiger partial charge in [0, 0.05) is 19.5 Å². The van der Waals surface area contributed by atoms with Crippen molar-refractivity contribution in [2.75, 3.05) is 13.1 Å². The van der Waals surface area contributed by atoms with Crippen LogP contribution in [0.15, 0.2) is 4.52 Å². The molecule has 1 aromatic heterocycles. The summed E-state index contributed by atoms with van der Waals surface area (Å²) in [4.78, 5) is 6.43. The van der Waals surface area contributed by atoms with Gasteiger partial charge in [-0.15, -0.1) is 0 Å². The number of β-amino-alcohol motifs (C(OH)–C–C–N with tert-alkyl or cyclic N) is 1. The Morgan fingerprint density at radius 3 is 3.13 bits per heavy atom. The third-order valence-electron chi connectivity index (χ3n) is 2.59. The van der Waals surface area contributed by atoms with Gasteiger partial charge in [-0.3, -0.25) is 4.90 Å². The molecule has 5 heteroatoms. The van der Waals surface area contributed by atoms with Crippen LogP contribution >= 0.6 is 0 Å². The van der Waals surface area contributed by atoms with Crippen molar-refractivity contribution in [2.45, 2.75) is 38.8 Å². The van der Waals surface area contributed by atoms with Crippen LogP contribution in [0.1, 0.15) is 31.5 Å². The van der Waals surface area contributed by atoms with E-state index >= 15 is 0 Å². The van der Waals surface area contributed by atoms with Crippen LogP contribution in [-0.4, -0.2) is 39.3 Å². The van der Waals surface area contributed by atoms with E-state index in [0.29, 0.717) is 12.4 Å². The summed E-state index contributed by atoms with van der Waals surface area (Å²) >= 11 is 0. The molecule has 1 aromatic rings. The Morgan fingerprint density at radius 1 is 1.60 bits per heavy atom. The SMILES string of the molecule is CCCc1nc(CN2CC[C@H](O)C2)no1. The molecule has 0 aliphatic carbocycles. The van der Waals surface area contributed by atoms with Gasteiger partial charge in [-0.25, -0.2) is 0 Å². The van der Waals surface area contributed by atoms with Gasteiger partial charge in [0.2, 0.25) is 5.89 Å². The first-order valence-electron chi connectivity index (χ1n) is 5.50. The maximum absolute atomic E-state index is 9.36. The van der Waals surface area contributed by atoms with Crippen molar-refractivity contribution in [3.05, 3.63) is 11.7 Å². The van der Waals surface area contributed by atoms with E-state index < -0.39 is 0 Å². The van der Waals surface area contributed by atoms with Gasteiger partial charge in [0.05, 0.1) is 12.6 Å². The van der Waals surface area contributed by atoms with Crippen LogP contribution in [0.5, 0.6) is 0 Å². The fourth-order valence-electron chi connectivity index (χ4n) is 1.83. The lowest BCUT2D eigenvalue weighted by Crippen LogP contribution is -2.22. The zero-order valence-electron chi connectivity index (χ0n) is 9.02. The van der Waals surface area contributed by atoms with Gasteiger partial charge in [-0.1, -0.05) is 12.1 Å². The maximum atomic E-state index is 9.36. The van der Waals surface area contributed by atoms with Gasteiger partial charge < -0.3 is 9.63 Å². The van der Waals surface area contributed by atoms with Crippen molar-refractivity contribution in [1.82, 2.24) is 15.0 Å². The topological polar surface area (TPSA) is 62.4 Å². The molecule has 0 amide bonds. The monoisotopic (exact) mass is 211 g/mol. The van der Waals surface area contributed by atoms with Gasteiger partial charge in [-0.05, 0) is 12.8 Å². The fourth-order valence-corrected chi connectivity index (χ4v) is 1.83. The molecular weight excluding hydrogens is 194 g/mol. The van der Waals surface area contributed by atoms with Crippen molar-refractivity contribution in [2.24, 2.45) is 0 Å². The molecule has 0 radical (unpaired) electrons. The number of aryl methyl sites for hydroxylation is 1. The second-order valence-corrected chi connectivity index (χ2v) is 4.03. The van der Waals surface area contributed by atoms with Crippen LogP contribution in [0.2, 0.25) is 0 Å². The zero-order valence-corrected chi connectivity index (χ0v) is 9.02. The molecule has 1 aliphatic heterocycles. The van der Waals surface area contributed by atoms with Gasteiger partial charge in [0.15, 0.2) is 5.82 Å². The molecule has 2 rings (SSSR count). The van der Waals surface area contributed by atoms with Crippen LogP contribution in [0, 0.1) is 0 Å². The molecule has 1 saturated heterocycles. The van der Waals surface area contributed by atoms with Crippen LogP contribution in [0.3, 0.4) is 0 Å². The van der Waals surface area contributed by atoms with Gasteiger partial charge >= 0.3 is 0 Å². The predicted molar refractivity (Wildman–Crippen MR) is 54.2 cm³/mol. The van der Waals surface area contributed by atoms with Crippen molar-refractivity contribution in [3.63, 3.8) is 0 Å². The minimum absolute atomic E-state index is 0.188. The fraction of sp³-hybridized carbons (Fsp3) is 0.800. The normalized spacial score (nSPS) is 22.4. The summed E-state index contributed by atoms with van der Waals surface area (Å²) in [6.45, 7) is 4.40. The smallest absolute Gasteiger partial charge is 0.226 e. The van der Waals surface area contributed by atoms with Crippen LogP contribution in [-0.2, 0) is 13.0 Å². The second-order valence-electron chi connectivity index (χ2n) is 4.03. The number of likely N-dealkylation sites (tertiary alicyclic amines) is 1. The highest BCUT2D eigenvalue weighted by Crippen LogP contribution is 2.11. The third-order valence-corrected chi connectivity index (χ3v) is 2.59. The van der Waals surface area contributed by atoms with Crippen LogP contribution in [0.4, 0.5) is 0 Å². The summed E-state index contributed by atoms with van der Waals surface area (Å²) in [5, 5.41) is 13.3. The first kappa shape index (κ1) is 10.6. The summed E-state index contributed by atoms with van der Waals surface area (Å²) < 4.78 is 5.09. The second kappa shape index (κ2) is 4.72. The van der Waals surface area contributed by atoms with Gasteiger partial charge in [0.1, 0.15) is 0 Å². The van der Waals surface area contributed by atoms with E-state index in [9.17, 15) is 5.11 Å². The highest BCUT2D eigenvalue weighted by molar-refractivity contribution is 4.88. The van der Waals surface area contributed by atoms with Gasteiger partial charge in [-0.2, -0.15) is 4.98 Å². The highest BCUT2D eigenvalue weighted by atomic mass is 16.5. The third kappa shape index (κ3) is 2.76. The Bertz CT molecular complexity index is 313. The largest absolute Gasteiger partial charge is 0.392 e. The lowest BCUT2D eigenvalue weighted by Gasteiger charge is -2.10. The molecule has 5 nitrogen and oxygen atoms in total. The lowest BCUT2D eigenvalue weighted by molar-refractivity contribution is 0.173. The van der Waals surface area contributed by atoms with E-state index in [1.54, 1.807) is 0 Å². The molecule has 0 unspecified atom stereocenters. The number of aliphatic hydroxyl groups is 1. The Morgan fingerprint density at radius 2 is 2.47 bits per heavy atom. The Hall–Kier alpha value is -0.940. The quantitative estimate of drug-likeness (QED) is 0.789. The molecule has 0 spiro atoms. The molecule has 84 valence electrons. The number of hydrogen-bond donors (Lipinski definition) is 1. The van der Waals surface area contributed by atoms with Crippen molar-refractivity contribution in [3.8, 4) is 0 Å². The van der Waals surface area contributed by atoms with E-state index in [0.717, 1.165) is 38.2 Å². The number of aliphatic hydroxyl groups excluding tert-OH is 1. The standard InChI is InChI=1S/C10H17N3O2/c1-2-3-10-11-9(12-15-10)7-13-5-4-8(14)6-13/h8,14H,2-7H2,1H3/t8-/m0/s1. The average molecular weight is 211 g/mol.